The van der Waals surface area contributed by atoms with E-state index in [1.54, 1.807) is 12.2 Å². The Morgan fingerprint density at radius 3 is 2.64 bits per heavy atom. The summed E-state index contributed by atoms with van der Waals surface area (Å²) in [6.07, 6.45) is 5.96. The van der Waals surface area contributed by atoms with Crippen LogP contribution in [-0.2, 0) is 4.79 Å². The Hall–Kier alpha value is -0.630. The molecular formula is C9H15NO. The van der Waals surface area contributed by atoms with Crippen LogP contribution in [0.4, 0.5) is 0 Å². The van der Waals surface area contributed by atoms with Gasteiger partial charge in [0, 0.05) is 0 Å². The van der Waals surface area contributed by atoms with E-state index in [0.717, 1.165) is 13.1 Å². The second-order valence-corrected chi connectivity index (χ2v) is 2.95. The molecule has 0 saturated carbocycles. The Kier molecular flexibility index (Phi) is 3.30. The van der Waals surface area contributed by atoms with Crippen molar-refractivity contribution < 1.29 is 4.79 Å². The van der Waals surface area contributed by atoms with Gasteiger partial charge in [-0.1, -0.05) is 6.08 Å². The molecule has 62 valence electrons. The van der Waals surface area contributed by atoms with Crippen LogP contribution in [0.15, 0.2) is 12.2 Å². The Morgan fingerprint density at radius 1 is 1.45 bits per heavy atom. The van der Waals surface area contributed by atoms with E-state index in [9.17, 15) is 4.79 Å². The summed E-state index contributed by atoms with van der Waals surface area (Å²) in [6.45, 7) is 4.69. The molecular weight excluding hydrogens is 138 g/mol. The Bertz CT molecular complexity index is 157. The molecule has 0 aromatic carbocycles. The van der Waals surface area contributed by atoms with Gasteiger partial charge in [-0.2, -0.15) is 0 Å². The van der Waals surface area contributed by atoms with Crippen LogP contribution in [0.2, 0.25) is 0 Å². The fourth-order valence-corrected chi connectivity index (χ4v) is 1.40. The van der Waals surface area contributed by atoms with E-state index >= 15 is 0 Å². The van der Waals surface area contributed by atoms with Crippen molar-refractivity contribution in [2.24, 2.45) is 0 Å². The van der Waals surface area contributed by atoms with Gasteiger partial charge in [-0.05, 0) is 38.9 Å². The van der Waals surface area contributed by atoms with Gasteiger partial charge < -0.3 is 0 Å². The zero-order chi connectivity index (χ0) is 8.10. The quantitative estimate of drug-likeness (QED) is 0.568. The first-order valence-electron chi connectivity index (χ1n) is 4.21. The molecule has 0 N–H and O–H groups in total. The van der Waals surface area contributed by atoms with Crippen molar-refractivity contribution in [1.29, 1.82) is 0 Å². The molecule has 0 radical (unpaired) electrons. The molecule has 0 aromatic rings. The summed E-state index contributed by atoms with van der Waals surface area (Å²) < 4.78 is 0. The van der Waals surface area contributed by atoms with Crippen LogP contribution < -0.4 is 0 Å². The van der Waals surface area contributed by atoms with Crippen LogP contribution in [0, 0.1) is 0 Å². The average Bonchev–Trinajstić information content (AvgIpc) is 2.40. The lowest BCUT2D eigenvalue weighted by molar-refractivity contribution is -0.115. The van der Waals surface area contributed by atoms with Crippen molar-refractivity contribution in [3.63, 3.8) is 0 Å². The van der Waals surface area contributed by atoms with Crippen LogP contribution >= 0.6 is 0 Å². The second kappa shape index (κ2) is 4.29. The van der Waals surface area contributed by atoms with Crippen LogP contribution in [0.3, 0.4) is 0 Å². The van der Waals surface area contributed by atoms with E-state index in [1.165, 1.54) is 12.8 Å². The molecule has 2 nitrogen and oxygen atoms in total. The number of rotatable bonds is 3. The minimum Gasteiger partial charge on any atom is -0.296 e. The lowest BCUT2D eigenvalue weighted by atomic mass is 10.3. The summed E-state index contributed by atoms with van der Waals surface area (Å²) in [4.78, 5) is 13.3. The number of carbonyl (C=O) groups is 1. The van der Waals surface area contributed by atoms with E-state index in [1.807, 2.05) is 6.92 Å². The van der Waals surface area contributed by atoms with Gasteiger partial charge in [-0.3, -0.25) is 9.69 Å². The highest BCUT2D eigenvalue weighted by Crippen LogP contribution is 2.06. The van der Waals surface area contributed by atoms with E-state index in [-0.39, 0.29) is 5.78 Å². The number of hydrogen-bond donors (Lipinski definition) is 0. The lowest BCUT2D eigenvalue weighted by Gasteiger charge is -2.10. The number of carbonyl (C=O) groups excluding carboxylic acids is 1. The molecule has 0 amide bonds. The predicted molar refractivity (Wildman–Crippen MR) is 45.5 cm³/mol. The molecule has 11 heavy (non-hydrogen) atoms. The number of hydrogen-bond acceptors (Lipinski definition) is 2. The summed E-state index contributed by atoms with van der Waals surface area (Å²) in [5.41, 5.74) is 0. The maximum absolute atomic E-state index is 11.1. The molecule has 1 aliphatic heterocycles. The maximum Gasteiger partial charge on any atom is 0.169 e. The van der Waals surface area contributed by atoms with Crippen LogP contribution in [-0.4, -0.2) is 30.3 Å². The van der Waals surface area contributed by atoms with E-state index in [0.29, 0.717) is 6.54 Å². The highest BCUT2D eigenvalue weighted by molar-refractivity contribution is 5.91. The molecule has 0 atom stereocenters. The SMILES string of the molecule is C/C=C/C(=O)CN1CCCC1. The van der Waals surface area contributed by atoms with Crippen molar-refractivity contribution in [2.75, 3.05) is 19.6 Å². The third-order valence-corrected chi connectivity index (χ3v) is 1.93. The van der Waals surface area contributed by atoms with Gasteiger partial charge in [0.25, 0.3) is 0 Å². The minimum absolute atomic E-state index is 0.231. The van der Waals surface area contributed by atoms with Crippen molar-refractivity contribution in [2.45, 2.75) is 19.8 Å². The molecule has 1 aliphatic rings. The first-order chi connectivity index (χ1) is 5.33. The van der Waals surface area contributed by atoms with Gasteiger partial charge in [0.15, 0.2) is 5.78 Å². The van der Waals surface area contributed by atoms with Crippen molar-refractivity contribution >= 4 is 5.78 Å². The molecule has 1 heterocycles. The molecule has 2 heteroatoms. The second-order valence-electron chi connectivity index (χ2n) is 2.95. The third kappa shape index (κ3) is 2.85. The lowest BCUT2D eigenvalue weighted by Crippen LogP contribution is -2.25. The maximum atomic E-state index is 11.1. The van der Waals surface area contributed by atoms with Crippen LogP contribution in [0.25, 0.3) is 0 Å². The monoisotopic (exact) mass is 153 g/mol. The summed E-state index contributed by atoms with van der Waals surface area (Å²) in [5, 5.41) is 0. The zero-order valence-electron chi connectivity index (χ0n) is 7.05. The third-order valence-electron chi connectivity index (χ3n) is 1.93. The first kappa shape index (κ1) is 8.47. The van der Waals surface area contributed by atoms with Crippen molar-refractivity contribution in [1.82, 2.24) is 4.90 Å². The number of ketones is 1. The topological polar surface area (TPSA) is 20.3 Å². The van der Waals surface area contributed by atoms with Gasteiger partial charge in [-0.25, -0.2) is 0 Å². The minimum atomic E-state index is 0.231. The Labute approximate surface area is 67.9 Å². The van der Waals surface area contributed by atoms with Crippen molar-refractivity contribution in [3.8, 4) is 0 Å². The smallest absolute Gasteiger partial charge is 0.169 e. The number of likely N-dealkylation sites (tertiary alicyclic amines) is 1. The number of nitrogens with zero attached hydrogens (tertiary/aromatic N) is 1. The Morgan fingerprint density at radius 2 is 2.09 bits per heavy atom. The summed E-state index contributed by atoms with van der Waals surface area (Å²) in [7, 11) is 0. The highest BCUT2D eigenvalue weighted by Gasteiger charge is 2.12. The number of allylic oxidation sites excluding steroid dienone is 1. The van der Waals surface area contributed by atoms with Crippen LogP contribution in [0.5, 0.6) is 0 Å². The van der Waals surface area contributed by atoms with Crippen LogP contribution in [0.1, 0.15) is 19.8 Å². The predicted octanol–water partition coefficient (Wildman–Crippen LogP) is 1.23. The van der Waals surface area contributed by atoms with Gasteiger partial charge >= 0.3 is 0 Å². The first-order valence-corrected chi connectivity index (χ1v) is 4.21. The molecule has 0 unspecified atom stereocenters. The average molecular weight is 153 g/mol. The molecule has 0 spiro atoms. The normalized spacial score (nSPS) is 19.7. The summed E-state index contributed by atoms with van der Waals surface area (Å²) in [6, 6.07) is 0. The van der Waals surface area contributed by atoms with E-state index < -0.39 is 0 Å². The van der Waals surface area contributed by atoms with E-state index in [2.05, 4.69) is 4.90 Å². The summed E-state index contributed by atoms with van der Waals surface area (Å²) >= 11 is 0. The van der Waals surface area contributed by atoms with Gasteiger partial charge in [0.05, 0.1) is 6.54 Å². The van der Waals surface area contributed by atoms with Gasteiger partial charge in [0.1, 0.15) is 0 Å². The van der Waals surface area contributed by atoms with Crippen molar-refractivity contribution in [3.05, 3.63) is 12.2 Å². The fourth-order valence-electron chi connectivity index (χ4n) is 1.40. The molecule has 1 fully saturated rings. The fraction of sp³-hybridized carbons (Fsp3) is 0.667. The van der Waals surface area contributed by atoms with Gasteiger partial charge in [0.2, 0.25) is 0 Å². The standard InChI is InChI=1S/C9H15NO/c1-2-5-9(11)8-10-6-3-4-7-10/h2,5H,3-4,6-8H2,1H3/b5-2+. The molecule has 1 saturated heterocycles. The molecule has 0 bridgehead atoms. The van der Waals surface area contributed by atoms with Gasteiger partial charge in [-0.15, -0.1) is 0 Å². The zero-order valence-corrected chi connectivity index (χ0v) is 7.05. The summed E-state index contributed by atoms with van der Waals surface area (Å²) in [5.74, 6) is 0.231. The molecule has 1 rings (SSSR count). The molecule has 0 aromatic heterocycles. The Balaban J connectivity index is 2.23. The van der Waals surface area contributed by atoms with E-state index in [4.69, 9.17) is 0 Å². The molecule has 0 aliphatic carbocycles. The largest absolute Gasteiger partial charge is 0.296 e. The highest BCUT2D eigenvalue weighted by atomic mass is 16.1.